The van der Waals surface area contributed by atoms with Crippen molar-refractivity contribution in [3.8, 4) is 0 Å². The van der Waals surface area contributed by atoms with Crippen LogP contribution in [0.15, 0.2) is 21.1 Å². The van der Waals surface area contributed by atoms with Crippen molar-refractivity contribution in [1.82, 2.24) is 0 Å². The summed E-state index contributed by atoms with van der Waals surface area (Å²) in [6.45, 7) is 1.96. The zero-order chi connectivity index (χ0) is 10.7. The lowest BCUT2D eigenvalue weighted by Crippen LogP contribution is -2.06. The van der Waals surface area contributed by atoms with E-state index >= 15 is 0 Å². The first-order valence-corrected chi connectivity index (χ1v) is 5.47. The maximum Gasteiger partial charge on any atom is 0.339 e. The zero-order valence-electron chi connectivity index (χ0n) is 7.31. The van der Waals surface area contributed by atoms with Gasteiger partial charge in [0.15, 0.2) is 5.82 Å². The summed E-state index contributed by atoms with van der Waals surface area (Å²) in [5.74, 6) is -1.04. The minimum absolute atomic E-state index is 0.116. The number of hydrogen-bond donors (Lipinski definition) is 0. The van der Waals surface area contributed by atoms with E-state index in [1.54, 1.807) is 6.92 Å². The first-order valence-electron chi connectivity index (χ1n) is 3.88. The monoisotopic (exact) mass is 324 g/mol. The molecule has 14 heavy (non-hydrogen) atoms. The fraction of sp³-hybridized carbons (Fsp3) is 0.222. The van der Waals surface area contributed by atoms with Crippen LogP contribution in [0.25, 0.3) is 0 Å². The fourth-order valence-corrected chi connectivity index (χ4v) is 2.00. The van der Waals surface area contributed by atoms with E-state index in [0.29, 0.717) is 4.47 Å². The van der Waals surface area contributed by atoms with Gasteiger partial charge in [0.2, 0.25) is 0 Å². The average molecular weight is 326 g/mol. The third-order valence-electron chi connectivity index (χ3n) is 1.53. The van der Waals surface area contributed by atoms with Crippen LogP contribution in [0.5, 0.6) is 0 Å². The molecule has 0 saturated carbocycles. The highest BCUT2D eigenvalue weighted by atomic mass is 79.9. The molecule has 0 fully saturated rings. The van der Waals surface area contributed by atoms with Gasteiger partial charge in [-0.05, 0) is 50.9 Å². The highest BCUT2D eigenvalue weighted by Crippen LogP contribution is 2.27. The van der Waals surface area contributed by atoms with Crippen molar-refractivity contribution in [1.29, 1.82) is 0 Å². The summed E-state index contributed by atoms with van der Waals surface area (Å²) >= 11 is 6.01. The van der Waals surface area contributed by atoms with Crippen molar-refractivity contribution in [2.45, 2.75) is 6.92 Å². The number of hydrogen-bond acceptors (Lipinski definition) is 2. The Kier molecular flexibility index (Phi) is 4.07. The molecule has 0 atom stereocenters. The first-order chi connectivity index (χ1) is 6.57. The van der Waals surface area contributed by atoms with Gasteiger partial charge in [-0.2, -0.15) is 0 Å². The highest BCUT2D eigenvalue weighted by molar-refractivity contribution is 9.11. The van der Waals surface area contributed by atoms with Gasteiger partial charge < -0.3 is 4.74 Å². The van der Waals surface area contributed by atoms with E-state index in [1.807, 2.05) is 0 Å². The molecule has 0 aliphatic rings. The summed E-state index contributed by atoms with van der Waals surface area (Å²) in [6, 6.07) is 2.96. The molecule has 0 heterocycles. The summed E-state index contributed by atoms with van der Waals surface area (Å²) in [5, 5.41) is 0. The van der Waals surface area contributed by atoms with Gasteiger partial charge >= 0.3 is 5.97 Å². The van der Waals surface area contributed by atoms with E-state index in [-0.39, 0.29) is 16.6 Å². The van der Waals surface area contributed by atoms with E-state index in [4.69, 9.17) is 4.74 Å². The quantitative estimate of drug-likeness (QED) is 0.614. The van der Waals surface area contributed by atoms with Crippen LogP contribution in [0, 0.1) is 5.82 Å². The number of benzene rings is 1. The number of carbonyl (C=O) groups excluding carboxylic acids is 1. The largest absolute Gasteiger partial charge is 0.462 e. The number of halogens is 3. The third-order valence-corrected chi connectivity index (χ3v) is 2.92. The van der Waals surface area contributed by atoms with Gasteiger partial charge in [0.25, 0.3) is 0 Å². The van der Waals surface area contributed by atoms with E-state index in [2.05, 4.69) is 31.9 Å². The van der Waals surface area contributed by atoms with Crippen LogP contribution in [-0.4, -0.2) is 12.6 Å². The molecule has 5 heteroatoms. The Morgan fingerprint density at radius 1 is 1.50 bits per heavy atom. The number of esters is 1. The molecule has 1 aromatic rings. The molecule has 1 rings (SSSR count). The van der Waals surface area contributed by atoms with Crippen LogP contribution < -0.4 is 0 Å². The Hall–Kier alpha value is -0.420. The van der Waals surface area contributed by atoms with Gasteiger partial charge in [0.1, 0.15) is 0 Å². The predicted octanol–water partition coefficient (Wildman–Crippen LogP) is 3.53. The summed E-state index contributed by atoms with van der Waals surface area (Å²) in [5.41, 5.74) is 0.188. The van der Waals surface area contributed by atoms with E-state index in [1.165, 1.54) is 12.1 Å². The summed E-state index contributed by atoms with van der Waals surface area (Å²) in [7, 11) is 0. The summed E-state index contributed by atoms with van der Waals surface area (Å²) in [6.07, 6.45) is 0. The second-order valence-electron chi connectivity index (χ2n) is 2.44. The topological polar surface area (TPSA) is 26.3 Å². The van der Waals surface area contributed by atoms with Gasteiger partial charge in [-0.1, -0.05) is 0 Å². The Morgan fingerprint density at radius 2 is 2.14 bits per heavy atom. The van der Waals surface area contributed by atoms with Crippen molar-refractivity contribution < 1.29 is 13.9 Å². The molecule has 76 valence electrons. The smallest absolute Gasteiger partial charge is 0.339 e. The van der Waals surface area contributed by atoms with Crippen LogP contribution in [-0.2, 0) is 4.74 Å². The van der Waals surface area contributed by atoms with Gasteiger partial charge in [-0.25, -0.2) is 9.18 Å². The molecular formula is C9H7Br2FO2. The number of rotatable bonds is 2. The lowest BCUT2D eigenvalue weighted by molar-refractivity contribution is 0.0524. The van der Waals surface area contributed by atoms with E-state index in [0.717, 1.165) is 0 Å². The van der Waals surface area contributed by atoms with Crippen LogP contribution in [0.1, 0.15) is 17.3 Å². The van der Waals surface area contributed by atoms with Gasteiger partial charge in [-0.15, -0.1) is 0 Å². The predicted molar refractivity (Wildman–Crippen MR) is 57.8 cm³/mol. The third kappa shape index (κ3) is 2.33. The van der Waals surface area contributed by atoms with Crippen LogP contribution >= 0.6 is 31.9 Å². The molecule has 0 aliphatic heterocycles. The zero-order valence-corrected chi connectivity index (χ0v) is 10.5. The second-order valence-corrected chi connectivity index (χ2v) is 4.09. The van der Waals surface area contributed by atoms with Gasteiger partial charge in [0.05, 0.1) is 21.1 Å². The molecule has 0 N–H and O–H groups in total. The Labute approximate surface area is 97.7 Å². The molecule has 0 aliphatic carbocycles. The van der Waals surface area contributed by atoms with Crippen molar-refractivity contribution in [2.75, 3.05) is 6.61 Å². The van der Waals surface area contributed by atoms with E-state index < -0.39 is 11.8 Å². The Bertz CT molecular complexity index is 366. The maximum absolute atomic E-state index is 13.3. The van der Waals surface area contributed by atoms with Crippen LogP contribution in [0.3, 0.4) is 0 Å². The molecule has 0 spiro atoms. The molecular weight excluding hydrogens is 319 g/mol. The molecule has 0 saturated heterocycles. The van der Waals surface area contributed by atoms with Crippen molar-refractivity contribution in [3.63, 3.8) is 0 Å². The number of carbonyl (C=O) groups is 1. The average Bonchev–Trinajstić information content (AvgIpc) is 2.15. The van der Waals surface area contributed by atoms with Crippen LogP contribution in [0.4, 0.5) is 4.39 Å². The van der Waals surface area contributed by atoms with Gasteiger partial charge in [-0.3, -0.25) is 0 Å². The van der Waals surface area contributed by atoms with Crippen molar-refractivity contribution in [2.24, 2.45) is 0 Å². The van der Waals surface area contributed by atoms with Crippen molar-refractivity contribution in [3.05, 3.63) is 32.5 Å². The summed E-state index contributed by atoms with van der Waals surface area (Å²) < 4.78 is 18.5. The summed E-state index contributed by atoms with van der Waals surface area (Å²) in [4.78, 5) is 11.3. The SMILES string of the molecule is CCOC(=O)c1ccc(Br)c(F)c1Br. The first kappa shape index (κ1) is 11.7. The lowest BCUT2D eigenvalue weighted by atomic mass is 10.2. The van der Waals surface area contributed by atoms with Crippen molar-refractivity contribution >= 4 is 37.8 Å². The molecule has 0 aromatic heterocycles. The maximum atomic E-state index is 13.3. The molecule has 0 radical (unpaired) electrons. The second kappa shape index (κ2) is 4.89. The van der Waals surface area contributed by atoms with E-state index in [9.17, 15) is 9.18 Å². The normalized spacial score (nSPS) is 10.0. The molecule has 0 bridgehead atoms. The van der Waals surface area contributed by atoms with Crippen LogP contribution in [0.2, 0.25) is 0 Å². The minimum atomic E-state index is -0.536. The Balaban J connectivity index is 3.11. The lowest BCUT2D eigenvalue weighted by Gasteiger charge is -2.05. The highest BCUT2D eigenvalue weighted by Gasteiger charge is 2.16. The molecule has 2 nitrogen and oxygen atoms in total. The Morgan fingerprint density at radius 3 is 2.71 bits per heavy atom. The number of ether oxygens (including phenoxy) is 1. The minimum Gasteiger partial charge on any atom is -0.462 e. The molecule has 1 aromatic carbocycles. The molecule has 0 unspecified atom stereocenters. The molecule has 0 amide bonds. The van der Waals surface area contributed by atoms with Gasteiger partial charge in [0, 0.05) is 0 Å². The standard InChI is InChI=1S/C9H7Br2FO2/c1-2-14-9(13)5-3-4-6(10)8(12)7(5)11/h3-4H,2H2,1H3. The fourth-order valence-electron chi connectivity index (χ4n) is 0.892.